The molecule has 0 saturated heterocycles. The summed E-state index contributed by atoms with van der Waals surface area (Å²) < 4.78 is 64.1. The zero-order chi connectivity index (χ0) is 22.2. The molecule has 0 fully saturated rings. The molecule has 0 amide bonds. The van der Waals surface area contributed by atoms with Gasteiger partial charge in [0.25, 0.3) is 0 Å². The zero-order valence-corrected chi connectivity index (χ0v) is 16.3. The SMILES string of the molecule is O=C(O)C[C@@H]1CCn2c1cc1cc(OCc3ccc(OCF)c(C(F)(F)F)c3)ccc12. The fourth-order valence-electron chi connectivity index (χ4n) is 4.04. The summed E-state index contributed by atoms with van der Waals surface area (Å²) in [5.41, 5.74) is 1.13. The Hall–Kier alpha value is -3.23. The minimum absolute atomic E-state index is 0.0416. The van der Waals surface area contributed by atoms with Crippen molar-refractivity contribution in [2.24, 2.45) is 0 Å². The number of hydrogen-bond donors (Lipinski definition) is 1. The van der Waals surface area contributed by atoms with Crippen molar-refractivity contribution in [2.75, 3.05) is 6.86 Å². The van der Waals surface area contributed by atoms with Crippen LogP contribution in [0, 0.1) is 0 Å². The Labute approximate surface area is 174 Å². The van der Waals surface area contributed by atoms with E-state index in [-0.39, 0.29) is 24.5 Å². The standard InChI is InChI=1S/C22H19F4NO4/c23-12-31-20-4-1-13(7-17(20)22(24,25)26)11-30-16-2-3-18-15(8-16)9-19-14(10-21(28)29)5-6-27(18)19/h1-4,7-9,14H,5-6,10-12H2,(H,28,29)/t14-/m0/s1. The highest BCUT2D eigenvalue weighted by Crippen LogP contribution is 2.38. The van der Waals surface area contributed by atoms with Crippen molar-refractivity contribution in [3.8, 4) is 11.5 Å². The number of alkyl halides is 4. The molecular weight excluding hydrogens is 418 g/mol. The van der Waals surface area contributed by atoms with Gasteiger partial charge in [-0.25, -0.2) is 4.39 Å². The average Bonchev–Trinajstić information content (AvgIpc) is 3.25. The molecular formula is C22H19F4NO4. The molecule has 1 aliphatic heterocycles. The Bertz CT molecular complexity index is 1120. The second kappa shape index (κ2) is 8.13. The zero-order valence-electron chi connectivity index (χ0n) is 16.3. The number of halogens is 4. The van der Waals surface area contributed by atoms with Crippen LogP contribution in [0.4, 0.5) is 17.6 Å². The molecule has 31 heavy (non-hydrogen) atoms. The number of nitrogens with zero attached hydrogens (tertiary/aromatic N) is 1. The first-order valence-corrected chi connectivity index (χ1v) is 9.63. The molecule has 5 nitrogen and oxygen atoms in total. The Balaban J connectivity index is 1.53. The molecule has 1 aliphatic rings. The lowest BCUT2D eigenvalue weighted by Crippen LogP contribution is -2.10. The van der Waals surface area contributed by atoms with Gasteiger partial charge in [-0.2, -0.15) is 13.2 Å². The van der Waals surface area contributed by atoms with Crippen LogP contribution in [0.5, 0.6) is 11.5 Å². The van der Waals surface area contributed by atoms with Gasteiger partial charge in [-0.1, -0.05) is 6.07 Å². The molecule has 2 heterocycles. The minimum Gasteiger partial charge on any atom is -0.489 e. The number of carbonyl (C=O) groups is 1. The van der Waals surface area contributed by atoms with Crippen LogP contribution in [0.2, 0.25) is 0 Å². The maximum Gasteiger partial charge on any atom is 0.419 e. The Morgan fingerprint density at radius 1 is 1.13 bits per heavy atom. The van der Waals surface area contributed by atoms with Crippen molar-refractivity contribution < 1.29 is 36.9 Å². The van der Waals surface area contributed by atoms with Crippen LogP contribution >= 0.6 is 0 Å². The van der Waals surface area contributed by atoms with Gasteiger partial charge in [-0.3, -0.25) is 4.79 Å². The number of ether oxygens (including phenoxy) is 2. The van der Waals surface area contributed by atoms with Crippen molar-refractivity contribution in [2.45, 2.75) is 38.1 Å². The summed E-state index contributed by atoms with van der Waals surface area (Å²) in [4.78, 5) is 11.1. The van der Waals surface area contributed by atoms with Gasteiger partial charge in [0.15, 0.2) is 0 Å². The normalized spacial score (nSPS) is 15.8. The third-order valence-electron chi connectivity index (χ3n) is 5.41. The summed E-state index contributed by atoms with van der Waals surface area (Å²) in [7, 11) is 0. The minimum atomic E-state index is -4.68. The molecule has 0 saturated carbocycles. The predicted octanol–water partition coefficient (Wildman–Crippen LogP) is 5.51. The van der Waals surface area contributed by atoms with Gasteiger partial charge in [0.1, 0.15) is 18.1 Å². The highest BCUT2D eigenvalue weighted by molar-refractivity contribution is 5.83. The van der Waals surface area contributed by atoms with Gasteiger partial charge in [-0.15, -0.1) is 0 Å². The van der Waals surface area contributed by atoms with Gasteiger partial charge >= 0.3 is 12.1 Å². The molecule has 0 unspecified atom stereocenters. The summed E-state index contributed by atoms with van der Waals surface area (Å²) in [6, 6.07) is 10.7. The Kier molecular flexibility index (Phi) is 5.51. The number of hydrogen-bond acceptors (Lipinski definition) is 3. The third-order valence-corrected chi connectivity index (χ3v) is 5.41. The molecule has 0 radical (unpaired) electrons. The molecule has 4 rings (SSSR count). The molecule has 1 N–H and O–H groups in total. The first kappa shape index (κ1) is 21.0. The van der Waals surface area contributed by atoms with Crippen LogP contribution in [-0.4, -0.2) is 22.5 Å². The second-order valence-corrected chi connectivity index (χ2v) is 7.40. The lowest BCUT2D eigenvalue weighted by molar-refractivity contribution is -0.139. The summed E-state index contributed by atoms with van der Waals surface area (Å²) in [5.74, 6) is -0.974. The number of aromatic nitrogens is 1. The molecule has 1 atom stereocenters. The van der Waals surface area contributed by atoms with Crippen LogP contribution in [-0.2, 0) is 24.1 Å². The third kappa shape index (κ3) is 4.30. The molecule has 0 aliphatic carbocycles. The molecule has 164 valence electrons. The molecule has 9 heteroatoms. The van der Waals surface area contributed by atoms with Crippen LogP contribution < -0.4 is 9.47 Å². The molecule has 3 aromatic rings. The highest BCUT2D eigenvalue weighted by atomic mass is 19.4. The number of fused-ring (bicyclic) bond motifs is 3. The topological polar surface area (TPSA) is 60.7 Å². The van der Waals surface area contributed by atoms with Crippen molar-refractivity contribution in [1.29, 1.82) is 0 Å². The summed E-state index contributed by atoms with van der Waals surface area (Å²) in [6.45, 7) is -0.724. The average molecular weight is 437 g/mol. The van der Waals surface area contributed by atoms with Gasteiger partial charge in [-0.05, 0) is 48.4 Å². The van der Waals surface area contributed by atoms with Crippen molar-refractivity contribution in [1.82, 2.24) is 4.57 Å². The summed E-state index contributed by atoms with van der Waals surface area (Å²) >= 11 is 0. The van der Waals surface area contributed by atoms with Gasteiger partial charge < -0.3 is 19.1 Å². The van der Waals surface area contributed by atoms with E-state index in [1.54, 1.807) is 12.1 Å². The summed E-state index contributed by atoms with van der Waals surface area (Å²) in [5, 5.41) is 9.97. The van der Waals surface area contributed by atoms with E-state index in [4.69, 9.17) is 9.84 Å². The monoisotopic (exact) mass is 437 g/mol. The van der Waals surface area contributed by atoms with Gasteiger partial charge in [0.2, 0.25) is 6.86 Å². The van der Waals surface area contributed by atoms with E-state index < -0.39 is 30.3 Å². The number of aliphatic carboxylic acids is 1. The number of carboxylic acids is 1. The lowest BCUT2D eigenvalue weighted by atomic mass is 10.0. The van der Waals surface area contributed by atoms with Crippen LogP contribution in [0.25, 0.3) is 10.9 Å². The second-order valence-electron chi connectivity index (χ2n) is 7.40. The van der Waals surface area contributed by atoms with Crippen molar-refractivity contribution in [3.05, 3.63) is 59.3 Å². The fraction of sp³-hybridized carbons (Fsp3) is 0.318. The van der Waals surface area contributed by atoms with E-state index in [0.29, 0.717) is 5.75 Å². The van der Waals surface area contributed by atoms with E-state index in [2.05, 4.69) is 9.30 Å². The number of aryl methyl sites for hydroxylation is 1. The van der Waals surface area contributed by atoms with E-state index >= 15 is 0 Å². The largest absolute Gasteiger partial charge is 0.489 e. The van der Waals surface area contributed by atoms with Crippen LogP contribution in [0.15, 0.2) is 42.5 Å². The molecule has 2 aromatic carbocycles. The quantitative estimate of drug-likeness (QED) is 0.496. The Morgan fingerprint density at radius 2 is 1.94 bits per heavy atom. The van der Waals surface area contributed by atoms with E-state index in [0.717, 1.165) is 41.7 Å². The number of benzene rings is 2. The van der Waals surface area contributed by atoms with Gasteiger partial charge in [0, 0.05) is 29.1 Å². The fourth-order valence-corrected chi connectivity index (χ4v) is 4.04. The maximum atomic E-state index is 13.2. The molecule has 0 spiro atoms. The van der Waals surface area contributed by atoms with Crippen molar-refractivity contribution >= 4 is 16.9 Å². The first-order chi connectivity index (χ1) is 14.8. The van der Waals surface area contributed by atoms with Crippen molar-refractivity contribution in [3.63, 3.8) is 0 Å². The van der Waals surface area contributed by atoms with E-state index in [9.17, 15) is 22.4 Å². The lowest BCUT2D eigenvalue weighted by Gasteiger charge is -2.14. The van der Waals surface area contributed by atoms with E-state index in [1.807, 2.05) is 12.1 Å². The van der Waals surface area contributed by atoms with E-state index in [1.165, 1.54) is 6.07 Å². The molecule has 1 aromatic heterocycles. The van der Waals surface area contributed by atoms with Gasteiger partial charge in [0.05, 0.1) is 12.0 Å². The predicted molar refractivity (Wildman–Crippen MR) is 104 cm³/mol. The summed E-state index contributed by atoms with van der Waals surface area (Å²) in [6.07, 6.45) is -3.83. The van der Waals surface area contributed by atoms with Crippen LogP contribution in [0.1, 0.15) is 35.6 Å². The molecule has 0 bridgehead atoms. The number of carboxylic acid groups (broad SMARTS) is 1. The number of rotatable bonds is 7. The van der Waals surface area contributed by atoms with Crippen LogP contribution in [0.3, 0.4) is 0 Å². The smallest absolute Gasteiger partial charge is 0.419 e. The highest BCUT2D eigenvalue weighted by Gasteiger charge is 2.34. The first-order valence-electron chi connectivity index (χ1n) is 9.63. The Morgan fingerprint density at radius 3 is 2.65 bits per heavy atom. The maximum absolute atomic E-state index is 13.2.